The smallest absolute Gasteiger partial charge is 0.193 e. The minimum Gasteiger partial charge on any atom is -0.294 e. The zero-order valence-electron chi connectivity index (χ0n) is 13.7. The summed E-state index contributed by atoms with van der Waals surface area (Å²) >= 11 is 3.14. The maximum atomic E-state index is 9.65. The molecule has 0 saturated heterocycles. The van der Waals surface area contributed by atoms with E-state index in [1.54, 1.807) is 28.9 Å². The van der Waals surface area contributed by atoms with Crippen LogP contribution in [-0.2, 0) is 0 Å². The molecule has 1 aromatic carbocycles. The van der Waals surface area contributed by atoms with E-state index in [-0.39, 0.29) is 0 Å². The molecule has 0 bridgehead atoms. The minimum absolute atomic E-state index is 0.584. The second-order valence-corrected chi connectivity index (χ2v) is 7.54. The normalized spacial score (nSPS) is 11.8. The molecule has 0 aliphatic heterocycles. The highest BCUT2D eigenvalue weighted by atomic mass is 32.1. The highest BCUT2D eigenvalue weighted by Gasteiger charge is 2.14. The average molecular weight is 362 g/mol. The number of aromatic nitrogens is 3. The van der Waals surface area contributed by atoms with E-state index in [2.05, 4.69) is 33.6 Å². The van der Waals surface area contributed by atoms with Gasteiger partial charge in [-0.1, -0.05) is 12.1 Å². The standard InChI is InChI=1S/C19H14N4S2/c1-12-9-14(13(2)23(12)19-21-7-8-24-19)10-15(11-20)18-22-16-5-3-4-6-17(16)25-18/h3-10H,1-2H3/b15-10+. The van der Waals surface area contributed by atoms with E-state index in [0.717, 1.165) is 37.3 Å². The first-order chi connectivity index (χ1) is 12.2. The van der Waals surface area contributed by atoms with Crippen LogP contribution in [0.25, 0.3) is 27.0 Å². The third-order valence-corrected chi connectivity index (χ3v) is 5.85. The van der Waals surface area contributed by atoms with Gasteiger partial charge in [0.25, 0.3) is 0 Å². The SMILES string of the molecule is Cc1cc(/C=C(\C#N)c2nc3ccccc3s2)c(C)n1-c1nccs1. The van der Waals surface area contributed by atoms with Crippen molar-refractivity contribution < 1.29 is 0 Å². The zero-order chi connectivity index (χ0) is 17.4. The van der Waals surface area contributed by atoms with Gasteiger partial charge in [0.1, 0.15) is 11.1 Å². The van der Waals surface area contributed by atoms with Gasteiger partial charge in [0.15, 0.2) is 5.13 Å². The quantitative estimate of drug-likeness (QED) is 0.469. The molecule has 0 radical (unpaired) electrons. The number of nitriles is 1. The van der Waals surface area contributed by atoms with Crippen molar-refractivity contribution in [1.29, 1.82) is 5.26 Å². The average Bonchev–Trinajstić information content (AvgIpc) is 3.32. The minimum atomic E-state index is 0.584. The van der Waals surface area contributed by atoms with Gasteiger partial charge < -0.3 is 0 Å². The molecular weight excluding hydrogens is 348 g/mol. The third kappa shape index (κ3) is 2.78. The monoisotopic (exact) mass is 362 g/mol. The molecular formula is C19H14N4S2. The van der Waals surface area contributed by atoms with Crippen LogP contribution in [-0.4, -0.2) is 14.5 Å². The number of nitrogens with zero attached hydrogens (tertiary/aromatic N) is 4. The number of para-hydroxylation sites is 1. The Morgan fingerprint density at radius 3 is 2.84 bits per heavy atom. The molecule has 0 fully saturated rings. The second kappa shape index (κ2) is 6.28. The van der Waals surface area contributed by atoms with Gasteiger partial charge in [-0.2, -0.15) is 5.26 Å². The van der Waals surface area contributed by atoms with E-state index in [0.29, 0.717) is 5.57 Å². The molecule has 4 rings (SSSR count). The second-order valence-electron chi connectivity index (χ2n) is 5.63. The molecule has 25 heavy (non-hydrogen) atoms. The Morgan fingerprint density at radius 1 is 1.28 bits per heavy atom. The predicted octanol–water partition coefficient (Wildman–Crippen LogP) is 5.22. The molecule has 4 nitrogen and oxygen atoms in total. The Hall–Kier alpha value is -2.75. The number of aryl methyl sites for hydroxylation is 1. The van der Waals surface area contributed by atoms with E-state index in [1.807, 2.05) is 42.6 Å². The Kier molecular flexibility index (Phi) is 3.96. The molecule has 4 aromatic rings. The van der Waals surface area contributed by atoms with Crippen molar-refractivity contribution in [2.45, 2.75) is 13.8 Å². The Balaban J connectivity index is 1.81. The van der Waals surface area contributed by atoms with Crippen molar-refractivity contribution in [3.05, 3.63) is 63.9 Å². The van der Waals surface area contributed by atoms with E-state index in [9.17, 15) is 5.26 Å². The van der Waals surface area contributed by atoms with Gasteiger partial charge in [0.05, 0.1) is 15.8 Å². The lowest BCUT2D eigenvalue weighted by Crippen LogP contribution is -1.97. The molecule has 0 atom stereocenters. The molecule has 0 saturated carbocycles. The van der Waals surface area contributed by atoms with Crippen molar-refractivity contribution in [2.75, 3.05) is 0 Å². The van der Waals surface area contributed by atoms with Crippen LogP contribution in [0.5, 0.6) is 0 Å². The largest absolute Gasteiger partial charge is 0.294 e. The van der Waals surface area contributed by atoms with Gasteiger partial charge in [0.2, 0.25) is 0 Å². The molecule has 0 amide bonds. The fraction of sp³-hybridized carbons (Fsp3) is 0.105. The maximum Gasteiger partial charge on any atom is 0.193 e. The summed E-state index contributed by atoms with van der Waals surface area (Å²) < 4.78 is 3.20. The predicted molar refractivity (Wildman–Crippen MR) is 104 cm³/mol. The van der Waals surface area contributed by atoms with Crippen molar-refractivity contribution in [3.8, 4) is 11.2 Å². The van der Waals surface area contributed by atoms with Crippen LogP contribution in [0.1, 0.15) is 22.0 Å². The van der Waals surface area contributed by atoms with Crippen LogP contribution in [0.3, 0.4) is 0 Å². The number of hydrogen-bond acceptors (Lipinski definition) is 5. The summed E-state index contributed by atoms with van der Waals surface area (Å²) in [4.78, 5) is 8.99. The van der Waals surface area contributed by atoms with Crippen molar-refractivity contribution in [2.24, 2.45) is 0 Å². The number of thiazole rings is 2. The van der Waals surface area contributed by atoms with E-state index in [4.69, 9.17) is 0 Å². The lowest BCUT2D eigenvalue weighted by atomic mass is 10.1. The lowest BCUT2D eigenvalue weighted by Gasteiger charge is -2.04. The van der Waals surface area contributed by atoms with Crippen LogP contribution in [0.2, 0.25) is 0 Å². The highest BCUT2D eigenvalue weighted by molar-refractivity contribution is 7.19. The summed E-state index contributed by atoms with van der Waals surface area (Å²) in [6.45, 7) is 4.10. The molecule has 3 aromatic heterocycles. The Bertz CT molecular complexity index is 1090. The molecule has 0 aliphatic rings. The number of hydrogen-bond donors (Lipinski definition) is 0. The number of fused-ring (bicyclic) bond motifs is 1. The summed E-state index contributed by atoms with van der Waals surface area (Å²) in [5.41, 5.74) is 4.70. The molecule has 0 unspecified atom stereocenters. The molecule has 6 heteroatoms. The number of rotatable bonds is 3. The molecule has 0 spiro atoms. The van der Waals surface area contributed by atoms with Gasteiger partial charge in [-0.3, -0.25) is 4.57 Å². The number of benzene rings is 1. The molecule has 0 N–H and O–H groups in total. The van der Waals surface area contributed by atoms with Crippen LogP contribution >= 0.6 is 22.7 Å². The summed E-state index contributed by atoms with van der Waals surface area (Å²) in [6, 6.07) is 12.3. The fourth-order valence-corrected chi connectivity index (χ4v) is 4.52. The highest BCUT2D eigenvalue weighted by Crippen LogP contribution is 2.30. The van der Waals surface area contributed by atoms with Crippen LogP contribution < -0.4 is 0 Å². The zero-order valence-corrected chi connectivity index (χ0v) is 15.4. The fourth-order valence-electron chi connectivity index (χ4n) is 2.84. The lowest BCUT2D eigenvalue weighted by molar-refractivity contribution is 0.949. The third-order valence-electron chi connectivity index (χ3n) is 4.03. The van der Waals surface area contributed by atoms with Gasteiger partial charge in [0, 0.05) is 23.0 Å². The number of allylic oxidation sites excluding steroid dienone is 1. The van der Waals surface area contributed by atoms with E-state index in [1.165, 1.54) is 0 Å². The summed E-state index contributed by atoms with van der Waals surface area (Å²) in [5, 5.41) is 13.3. The van der Waals surface area contributed by atoms with Gasteiger partial charge >= 0.3 is 0 Å². The molecule has 0 aliphatic carbocycles. The first-order valence-electron chi connectivity index (χ1n) is 7.74. The van der Waals surface area contributed by atoms with Gasteiger partial charge in [-0.05, 0) is 43.7 Å². The topological polar surface area (TPSA) is 54.5 Å². The molecule has 3 heterocycles. The molecule has 122 valence electrons. The van der Waals surface area contributed by atoms with Crippen molar-refractivity contribution in [1.82, 2.24) is 14.5 Å². The summed E-state index contributed by atoms with van der Waals surface area (Å²) in [6.07, 6.45) is 3.72. The Labute approximate surface area is 153 Å². The maximum absolute atomic E-state index is 9.65. The van der Waals surface area contributed by atoms with Crippen LogP contribution in [0.15, 0.2) is 41.9 Å². The van der Waals surface area contributed by atoms with Crippen molar-refractivity contribution in [3.63, 3.8) is 0 Å². The Morgan fingerprint density at radius 2 is 2.12 bits per heavy atom. The van der Waals surface area contributed by atoms with Gasteiger partial charge in [-0.15, -0.1) is 22.7 Å². The van der Waals surface area contributed by atoms with Crippen molar-refractivity contribution >= 4 is 44.5 Å². The van der Waals surface area contributed by atoms with Gasteiger partial charge in [-0.25, -0.2) is 9.97 Å². The summed E-state index contributed by atoms with van der Waals surface area (Å²) in [7, 11) is 0. The first kappa shape index (κ1) is 15.8. The first-order valence-corrected chi connectivity index (χ1v) is 9.43. The van der Waals surface area contributed by atoms with Crippen LogP contribution in [0.4, 0.5) is 0 Å². The van der Waals surface area contributed by atoms with E-state index < -0.39 is 0 Å². The summed E-state index contributed by atoms with van der Waals surface area (Å²) in [5.74, 6) is 0. The van der Waals surface area contributed by atoms with Crippen LogP contribution in [0, 0.1) is 25.2 Å². The van der Waals surface area contributed by atoms with E-state index >= 15 is 0 Å².